The number of carbonyl (C=O) groups is 1. The first-order valence-corrected chi connectivity index (χ1v) is 7.35. The fourth-order valence-electron chi connectivity index (χ4n) is 2.53. The van der Waals surface area contributed by atoms with E-state index in [1.165, 1.54) is 5.56 Å². The maximum absolute atomic E-state index is 10.4. The molecule has 0 unspecified atom stereocenters. The Morgan fingerprint density at radius 1 is 1.21 bits per heavy atom. The highest BCUT2D eigenvalue weighted by Gasteiger charge is 2.22. The molecular formula is C15H17IO3. The molecule has 2 rings (SSSR count). The Hall–Kier alpha value is -0.880. The lowest BCUT2D eigenvalue weighted by Crippen LogP contribution is -2.17. The van der Waals surface area contributed by atoms with Gasteiger partial charge in [0.05, 0.1) is 6.10 Å². The van der Waals surface area contributed by atoms with Crippen LogP contribution in [0.5, 0.6) is 0 Å². The molecule has 19 heavy (non-hydrogen) atoms. The number of benzene rings is 1. The van der Waals surface area contributed by atoms with Crippen molar-refractivity contribution in [2.24, 2.45) is 0 Å². The van der Waals surface area contributed by atoms with Gasteiger partial charge in [0, 0.05) is 6.08 Å². The fourth-order valence-corrected chi connectivity index (χ4v) is 3.04. The maximum atomic E-state index is 10.4. The van der Waals surface area contributed by atoms with Gasteiger partial charge in [-0.05, 0) is 48.8 Å². The van der Waals surface area contributed by atoms with E-state index in [0.29, 0.717) is 12.0 Å². The lowest BCUT2D eigenvalue weighted by molar-refractivity contribution is -0.131. The van der Waals surface area contributed by atoms with Crippen LogP contribution >= 0.6 is 23.0 Å². The number of halogens is 1. The van der Waals surface area contributed by atoms with Crippen molar-refractivity contribution in [3.8, 4) is 0 Å². The molecule has 0 spiro atoms. The minimum absolute atomic E-state index is 0.412. The molecule has 1 aromatic rings. The summed E-state index contributed by atoms with van der Waals surface area (Å²) in [6, 6.07) is 8.18. The summed E-state index contributed by atoms with van der Waals surface area (Å²) in [5, 5.41) is 8.58. The van der Waals surface area contributed by atoms with Crippen molar-refractivity contribution in [2.75, 3.05) is 0 Å². The summed E-state index contributed by atoms with van der Waals surface area (Å²) < 4.78 is 5.35. The van der Waals surface area contributed by atoms with Crippen molar-refractivity contribution in [2.45, 2.75) is 37.7 Å². The highest BCUT2D eigenvalue weighted by atomic mass is 127. The van der Waals surface area contributed by atoms with Crippen LogP contribution in [0.3, 0.4) is 0 Å². The lowest BCUT2D eigenvalue weighted by atomic mass is 9.82. The highest BCUT2D eigenvalue weighted by molar-refractivity contribution is 14.1. The Kier molecular flexibility index (Phi) is 5.39. The summed E-state index contributed by atoms with van der Waals surface area (Å²) >= 11 is 1.99. The number of aliphatic carboxylic acids is 1. The number of rotatable bonds is 4. The van der Waals surface area contributed by atoms with Crippen LogP contribution in [0, 0.1) is 0 Å². The van der Waals surface area contributed by atoms with E-state index in [4.69, 9.17) is 8.17 Å². The lowest BCUT2D eigenvalue weighted by Gasteiger charge is -2.27. The van der Waals surface area contributed by atoms with Crippen molar-refractivity contribution >= 4 is 35.1 Å². The van der Waals surface area contributed by atoms with Gasteiger partial charge in [0.25, 0.3) is 0 Å². The first-order chi connectivity index (χ1) is 9.19. The molecule has 102 valence electrons. The average molecular weight is 372 g/mol. The molecule has 1 fully saturated rings. The van der Waals surface area contributed by atoms with Gasteiger partial charge >= 0.3 is 5.97 Å². The van der Waals surface area contributed by atoms with E-state index in [2.05, 4.69) is 12.1 Å². The molecule has 0 amide bonds. The molecule has 0 heterocycles. The van der Waals surface area contributed by atoms with E-state index in [0.717, 1.165) is 37.3 Å². The summed E-state index contributed by atoms with van der Waals surface area (Å²) in [6.07, 6.45) is 7.76. The number of hydrogen-bond acceptors (Lipinski definition) is 2. The second-order valence-electron chi connectivity index (χ2n) is 4.90. The van der Waals surface area contributed by atoms with Crippen LogP contribution < -0.4 is 0 Å². The Morgan fingerprint density at radius 2 is 1.84 bits per heavy atom. The zero-order valence-electron chi connectivity index (χ0n) is 10.6. The van der Waals surface area contributed by atoms with Crippen LogP contribution in [0.15, 0.2) is 30.3 Å². The molecule has 0 atom stereocenters. The molecule has 0 radical (unpaired) electrons. The third-order valence-electron chi connectivity index (χ3n) is 3.63. The van der Waals surface area contributed by atoms with E-state index in [1.54, 1.807) is 6.08 Å². The molecule has 3 nitrogen and oxygen atoms in total. The normalized spacial score (nSPS) is 23.6. The van der Waals surface area contributed by atoms with Crippen molar-refractivity contribution in [3.63, 3.8) is 0 Å². The molecule has 0 aromatic heterocycles. The van der Waals surface area contributed by atoms with E-state index < -0.39 is 5.97 Å². The van der Waals surface area contributed by atoms with Gasteiger partial charge in [-0.1, -0.05) is 24.3 Å². The van der Waals surface area contributed by atoms with Crippen LogP contribution in [-0.4, -0.2) is 17.2 Å². The summed E-state index contributed by atoms with van der Waals surface area (Å²) in [5.41, 5.74) is 2.27. The van der Waals surface area contributed by atoms with Gasteiger partial charge in [-0.3, -0.25) is 0 Å². The van der Waals surface area contributed by atoms with Crippen molar-refractivity contribution in [1.29, 1.82) is 0 Å². The number of carboxylic acid groups (broad SMARTS) is 1. The van der Waals surface area contributed by atoms with Crippen LogP contribution in [0.25, 0.3) is 6.08 Å². The molecule has 0 aliphatic heterocycles. The molecule has 1 aliphatic rings. The van der Waals surface area contributed by atoms with Gasteiger partial charge < -0.3 is 8.17 Å². The molecule has 0 saturated heterocycles. The van der Waals surface area contributed by atoms with Gasteiger partial charge in [0.2, 0.25) is 0 Å². The standard InChI is InChI=1S/C15H17IO3/c16-19-14-8-6-13(7-9-14)12-4-1-11(2-5-12)3-10-15(17)18/h1-5,10,13-14H,6-9H2,(H,17,18)/b10-3-. The predicted octanol–water partition coefficient (Wildman–Crippen LogP) is 4.18. The smallest absolute Gasteiger partial charge is 0.328 e. The minimum Gasteiger partial charge on any atom is -0.478 e. The highest BCUT2D eigenvalue weighted by Crippen LogP contribution is 2.34. The van der Waals surface area contributed by atoms with Crippen LogP contribution in [0.1, 0.15) is 42.7 Å². The van der Waals surface area contributed by atoms with Gasteiger partial charge in [0.1, 0.15) is 23.0 Å². The molecule has 0 bridgehead atoms. The van der Waals surface area contributed by atoms with Crippen LogP contribution in [0.2, 0.25) is 0 Å². The Bertz CT molecular complexity index is 445. The average Bonchev–Trinajstić information content (AvgIpc) is 2.46. The Labute approximate surface area is 127 Å². The van der Waals surface area contributed by atoms with Crippen molar-refractivity contribution in [3.05, 3.63) is 41.5 Å². The van der Waals surface area contributed by atoms with E-state index >= 15 is 0 Å². The summed E-state index contributed by atoms with van der Waals surface area (Å²) in [7, 11) is 0. The van der Waals surface area contributed by atoms with Gasteiger partial charge in [-0.2, -0.15) is 0 Å². The van der Waals surface area contributed by atoms with E-state index in [1.807, 2.05) is 35.1 Å². The molecule has 1 aromatic carbocycles. The van der Waals surface area contributed by atoms with Crippen molar-refractivity contribution in [1.82, 2.24) is 0 Å². The second kappa shape index (κ2) is 7.05. The Morgan fingerprint density at radius 3 is 2.37 bits per heavy atom. The molecule has 1 N–H and O–H groups in total. The van der Waals surface area contributed by atoms with E-state index in [9.17, 15) is 4.79 Å². The van der Waals surface area contributed by atoms with Gasteiger partial charge in [0.15, 0.2) is 0 Å². The third-order valence-corrected chi connectivity index (χ3v) is 4.35. The fraction of sp³-hybridized carbons (Fsp3) is 0.400. The largest absolute Gasteiger partial charge is 0.478 e. The first kappa shape index (κ1) is 14.5. The summed E-state index contributed by atoms with van der Waals surface area (Å²) in [4.78, 5) is 10.4. The number of hydrogen-bond donors (Lipinski definition) is 1. The molecular weight excluding hydrogens is 355 g/mol. The minimum atomic E-state index is -0.916. The zero-order valence-corrected chi connectivity index (χ0v) is 12.7. The second-order valence-corrected chi connectivity index (χ2v) is 5.41. The summed E-state index contributed by atoms with van der Waals surface area (Å²) in [6.45, 7) is 0. The van der Waals surface area contributed by atoms with Gasteiger partial charge in [-0.15, -0.1) is 0 Å². The third kappa shape index (κ3) is 4.31. The quantitative estimate of drug-likeness (QED) is 0.637. The number of carboxylic acids is 1. The van der Waals surface area contributed by atoms with E-state index in [-0.39, 0.29) is 0 Å². The van der Waals surface area contributed by atoms with Crippen LogP contribution in [0.4, 0.5) is 0 Å². The predicted molar refractivity (Wildman–Crippen MR) is 83.2 cm³/mol. The molecule has 1 saturated carbocycles. The molecule has 1 aliphatic carbocycles. The monoisotopic (exact) mass is 372 g/mol. The van der Waals surface area contributed by atoms with Crippen LogP contribution in [-0.2, 0) is 7.86 Å². The molecule has 4 heteroatoms. The van der Waals surface area contributed by atoms with Crippen molar-refractivity contribution < 1.29 is 13.0 Å². The SMILES string of the molecule is O=C(O)/C=C\c1ccc(C2CCC(OI)CC2)cc1. The van der Waals surface area contributed by atoms with Gasteiger partial charge in [-0.25, -0.2) is 4.79 Å². The first-order valence-electron chi connectivity index (χ1n) is 6.47. The summed E-state index contributed by atoms with van der Waals surface area (Å²) in [5.74, 6) is -0.304. The topological polar surface area (TPSA) is 46.5 Å². The zero-order chi connectivity index (χ0) is 13.7. The maximum Gasteiger partial charge on any atom is 0.328 e. The Balaban J connectivity index is 1.97.